The zero-order valence-corrected chi connectivity index (χ0v) is 10.9. The second-order valence-electron chi connectivity index (χ2n) is 4.50. The van der Waals surface area contributed by atoms with Crippen LogP contribution in [0, 0.1) is 0 Å². The molecule has 102 valence electrons. The topological polar surface area (TPSA) is 86.4 Å². The average molecular weight is 263 g/mol. The van der Waals surface area contributed by atoms with Gasteiger partial charge in [-0.05, 0) is 12.1 Å². The molecule has 1 fully saturated rings. The molecular formula is C12H17N5O2. The monoisotopic (exact) mass is 263 g/mol. The molecule has 0 spiro atoms. The molecule has 0 radical (unpaired) electrons. The Kier molecular flexibility index (Phi) is 3.96. The van der Waals surface area contributed by atoms with E-state index in [0.29, 0.717) is 18.1 Å². The van der Waals surface area contributed by atoms with Crippen LogP contribution in [0.25, 0.3) is 0 Å². The molecule has 1 atom stereocenters. The van der Waals surface area contributed by atoms with Crippen LogP contribution in [0.1, 0.15) is 0 Å². The minimum atomic E-state index is -0.423. The van der Waals surface area contributed by atoms with Crippen LogP contribution < -0.4 is 20.9 Å². The summed E-state index contributed by atoms with van der Waals surface area (Å²) < 4.78 is 0. The number of carbonyl (C=O) groups is 2. The van der Waals surface area contributed by atoms with Gasteiger partial charge >= 0.3 is 0 Å². The van der Waals surface area contributed by atoms with Crippen LogP contribution in [0.2, 0.25) is 0 Å². The lowest BCUT2D eigenvalue weighted by atomic mass is 10.2. The molecule has 0 bridgehead atoms. The third-order valence-corrected chi connectivity index (χ3v) is 2.80. The van der Waals surface area contributed by atoms with Crippen molar-refractivity contribution < 1.29 is 9.59 Å². The van der Waals surface area contributed by atoms with Gasteiger partial charge in [0.25, 0.3) is 0 Å². The quantitative estimate of drug-likeness (QED) is 0.663. The van der Waals surface area contributed by atoms with E-state index in [1.54, 1.807) is 18.3 Å². The van der Waals surface area contributed by atoms with Crippen LogP contribution in [-0.4, -0.2) is 50.0 Å². The Hall–Kier alpha value is -2.15. The molecule has 1 aromatic heterocycles. The third-order valence-electron chi connectivity index (χ3n) is 2.80. The predicted octanol–water partition coefficient (Wildman–Crippen LogP) is -0.826. The minimum absolute atomic E-state index is 0.0978. The maximum atomic E-state index is 12.1. The zero-order chi connectivity index (χ0) is 13.8. The van der Waals surface area contributed by atoms with E-state index in [0.717, 1.165) is 0 Å². The van der Waals surface area contributed by atoms with Crippen molar-refractivity contribution >= 4 is 23.3 Å². The SMILES string of the molecule is CN(C)c1ncccc1NC(=O)C1CNC(=O)CN1. The number of anilines is 2. The highest BCUT2D eigenvalue weighted by atomic mass is 16.2. The molecule has 0 aliphatic carbocycles. The normalized spacial score (nSPS) is 18.6. The van der Waals surface area contributed by atoms with Crippen LogP contribution in [0.3, 0.4) is 0 Å². The maximum absolute atomic E-state index is 12.1. The van der Waals surface area contributed by atoms with Gasteiger partial charge in [0.05, 0.1) is 12.2 Å². The van der Waals surface area contributed by atoms with Gasteiger partial charge in [0.2, 0.25) is 11.8 Å². The zero-order valence-electron chi connectivity index (χ0n) is 10.9. The number of hydrogen-bond acceptors (Lipinski definition) is 5. The molecule has 1 aromatic rings. The first-order valence-electron chi connectivity index (χ1n) is 6.01. The van der Waals surface area contributed by atoms with Gasteiger partial charge in [0.15, 0.2) is 5.82 Å². The van der Waals surface area contributed by atoms with Gasteiger partial charge in [-0.2, -0.15) is 0 Å². The summed E-state index contributed by atoms with van der Waals surface area (Å²) in [5.41, 5.74) is 0.649. The molecule has 1 aliphatic rings. The highest BCUT2D eigenvalue weighted by Crippen LogP contribution is 2.20. The summed E-state index contributed by atoms with van der Waals surface area (Å²) in [5.74, 6) is 0.409. The molecule has 2 amide bonds. The van der Waals surface area contributed by atoms with Crippen molar-refractivity contribution in [1.82, 2.24) is 15.6 Å². The molecule has 3 N–H and O–H groups in total. The standard InChI is InChI=1S/C12H17N5O2/c1-17(2)11-8(4-3-5-13-11)16-12(19)9-6-15-10(18)7-14-9/h3-5,9,14H,6-7H2,1-2H3,(H,15,18)(H,16,19). The van der Waals surface area contributed by atoms with E-state index in [4.69, 9.17) is 0 Å². The Morgan fingerprint density at radius 2 is 2.32 bits per heavy atom. The number of piperazine rings is 1. The van der Waals surface area contributed by atoms with Crippen molar-refractivity contribution in [2.24, 2.45) is 0 Å². The van der Waals surface area contributed by atoms with Crippen LogP contribution in [0.15, 0.2) is 18.3 Å². The number of aromatic nitrogens is 1. The molecule has 1 aliphatic heterocycles. The first kappa shape index (κ1) is 13.3. The smallest absolute Gasteiger partial charge is 0.243 e. The fraction of sp³-hybridized carbons (Fsp3) is 0.417. The molecule has 2 rings (SSSR count). The second kappa shape index (κ2) is 5.66. The molecular weight excluding hydrogens is 246 g/mol. The minimum Gasteiger partial charge on any atom is -0.361 e. The summed E-state index contributed by atoms with van der Waals surface area (Å²) in [7, 11) is 3.72. The largest absolute Gasteiger partial charge is 0.361 e. The number of nitrogens with one attached hydrogen (secondary N) is 3. The lowest BCUT2D eigenvalue weighted by Gasteiger charge is -2.24. The number of amides is 2. The van der Waals surface area contributed by atoms with E-state index >= 15 is 0 Å². The van der Waals surface area contributed by atoms with Gasteiger partial charge in [-0.15, -0.1) is 0 Å². The van der Waals surface area contributed by atoms with Gasteiger partial charge in [-0.1, -0.05) is 0 Å². The molecule has 1 saturated heterocycles. The number of pyridine rings is 1. The predicted molar refractivity (Wildman–Crippen MR) is 72.0 cm³/mol. The van der Waals surface area contributed by atoms with Crippen LogP contribution in [0.5, 0.6) is 0 Å². The van der Waals surface area contributed by atoms with E-state index in [9.17, 15) is 9.59 Å². The van der Waals surface area contributed by atoms with Crippen LogP contribution in [0.4, 0.5) is 11.5 Å². The van der Waals surface area contributed by atoms with Gasteiger partial charge in [0.1, 0.15) is 6.04 Å². The molecule has 7 heteroatoms. The first-order chi connectivity index (χ1) is 9.08. The molecule has 1 unspecified atom stereocenters. The number of nitrogens with zero attached hydrogens (tertiary/aromatic N) is 2. The van der Waals surface area contributed by atoms with Crippen molar-refractivity contribution in [1.29, 1.82) is 0 Å². The summed E-state index contributed by atoms with van der Waals surface area (Å²) >= 11 is 0. The highest BCUT2D eigenvalue weighted by Gasteiger charge is 2.24. The first-order valence-corrected chi connectivity index (χ1v) is 6.01. The second-order valence-corrected chi connectivity index (χ2v) is 4.50. The Morgan fingerprint density at radius 1 is 1.53 bits per heavy atom. The van der Waals surface area contributed by atoms with Crippen molar-refractivity contribution in [2.45, 2.75) is 6.04 Å². The summed E-state index contributed by atoms with van der Waals surface area (Å²) in [6.45, 7) is 0.452. The molecule has 2 heterocycles. The summed E-state index contributed by atoms with van der Waals surface area (Å²) in [6.07, 6.45) is 1.67. The van der Waals surface area contributed by atoms with Crippen molar-refractivity contribution in [3.63, 3.8) is 0 Å². The lowest BCUT2D eigenvalue weighted by Crippen LogP contribution is -2.56. The van der Waals surface area contributed by atoms with Crippen LogP contribution in [-0.2, 0) is 9.59 Å². The highest BCUT2D eigenvalue weighted by molar-refractivity contribution is 5.98. The molecule has 0 saturated carbocycles. The van der Waals surface area contributed by atoms with E-state index in [1.165, 1.54) is 0 Å². The van der Waals surface area contributed by atoms with Crippen LogP contribution >= 0.6 is 0 Å². The van der Waals surface area contributed by atoms with Crippen molar-refractivity contribution in [3.05, 3.63) is 18.3 Å². The number of rotatable bonds is 3. The summed E-state index contributed by atoms with van der Waals surface area (Å²) in [6, 6.07) is 3.13. The fourth-order valence-electron chi connectivity index (χ4n) is 1.82. The van der Waals surface area contributed by atoms with Crippen molar-refractivity contribution in [2.75, 3.05) is 37.4 Å². The van der Waals surface area contributed by atoms with Gasteiger partial charge < -0.3 is 15.5 Å². The Balaban J connectivity index is 2.05. The third kappa shape index (κ3) is 3.19. The Morgan fingerprint density at radius 3 is 2.95 bits per heavy atom. The number of hydrogen-bond donors (Lipinski definition) is 3. The maximum Gasteiger partial charge on any atom is 0.243 e. The summed E-state index contributed by atoms with van der Waals surface area (Å²) in [5, 5.41) is 8.35. The van der Waals surface area contributed by atoms with E-state index in [-0.39, 0.29) is 18.4 Å². The van der Waals surface area contributed by atoms with Gasteiger partial charge in [0, 0.05) is 26.8 Å². The molecule has 19 heavy (non-hydrogen) atoms. The molecule has 0 aromatic carbocycles. The number of carbonyl (C=O) groups excluding carboxylic acids is 2. The summed E-state index contributed by atoms with van der Waals surface area (Å²) in [4.78, 5) is 29.1. The van der Waals surface area contributed by atoms with Gasteiger partial charge in [-0.3, -0.25) is 14.9 Å². The van der Waals surface area contributed by atoms with E-state index < -0.39 is 6.04 Å². The Labute approximate surface area is 111 Å². The van der Waals surface area contributed by atoms with E-state index in [1.807, 2.05) is 19.0 Å². The van der Waals surface area contributed by atoms with E-state index in [2.05, 4.69) is 20.9 Å². The van der Waals surface area contributed by atoms with Crippen molar-refractivity contribution in [3.8, 4) is 0 Å². The fourth-order valence-corrected chi connectivity index (χ4v) is 1.82. The average Bonchev–Trinajstić information content (AvgIpc) is 2.39. The lowest BCUT2D eigenvalue weighted by molar-refractivity contribution is -0.124. The van der Waals surface area contributed by atoms with Gasteiger partial charge in [-0.25, -0.2) is 4.98 Å². The Bertz CT molecular complexity index is 479. The molecule has 7 nitrogen and oxygen atoms in total.